The maximum atomic E-state index is 8.70. The molecule has 0 aromatic rings. The molecule has 0 heterocycles. The quantitative estimate of drug-likeness (QED) is 0.402. The van der Waals surface area contributed by atoms with Crippen molar-refractivity contribution in [1.29, 1.82) is 5.26 Å². The molecule has 0 aromatic heterocycles. The van der Waals surface area contributed by atoms with E-state index >= 15 is 0 Å². The van der Waals surface area contributed by atoms with E-state index in [0.717, 1.165) is 0 Å². The van der Waals surface area contributed by atoms with Crippen LogP contribution in [0, 0.1) is 11.3 Å². The van der Waals surface area contributed by atoms with Crippen LogP contribution in [0.5, 0.6) is 0 Å². The smallest absolute Gasteiger partial charge is 0.161 e. The first-order chi connectivity index (χ1) is 3.72. The van der Waals surface area contributed by atoms with Gasteiger partial charge < -0.3 is 5.11 Å². The van der Waals surface area contributed by atoms with Gasteiger partial charge in [0.2, 0.25) is 0 Å². The van der Waals surface area contributed by atoms with Gasteiger partial charge in [0.25, 0.3) is 0 Å². The van der Waals surface area contributed by atoms with Crippen LogP contribution < -0.4 is 0 Å². The fourth-order valence-electron chi connectivity index (χ4n) is 0.260. The summed E-state index contributed by atoms with van der Waals surface area (Å²) in [4.78, 5) is 0. The van der Waals surface area contributed by atoms with Gasteiger partial charge in [-0.15, -0.1) is 0 Å². The molecule has 1 N–H and O–H groups in total. The van der Waals surface area contributed by atoms with Gasteiger partial charge in [-0.25, -0.2) is 0 Å². The average Bonchev–Trinajstić information content (AvgIpc) is 1.84. The number of hydrogen-bond acceptors (Lipinski definition) is 2. The summed E-state index contributed by atoms with van der Waals surface area (Å²) in [6.07, 6.45) is 0.799. The summed E-state index contributed by atoms with van der Waals surface area (Å²) >= 11 is 0. The molecule has 8 heavy (non-hydrogen) atoms. The Labute approximate surface area is 49.1 Å². The summed E-state index contributed by atoms with van der Waals surface area (Å²) in [6.45, 7) is 3.50. The van der Waals surface area contributed by atoms with Gasteiger partial charge in [0.15, 0.2) is 6.10 Å². The van der Waals surface area contributed by atoms with Crippen LogP contribution in [0.25, 0.3) is 0 Å². The van der Waals surface area contributed by atoms with E-state index in [0.29, 0.717) is 5.57 Å². The normalized spacial score (nSPS) is 15.0. The molecule has 2 nitrogen and oxygen atoms in total. The Morgan fingerprint density at radius 1 is 1.88 bits per heavy atom. The predicted molar refractivity (Wildman–Crippen MR) is 31.1 cm³/mol. The summed E-state index contributed by atoms with van der Waals surface area (Å²) in [7, 11) is 0. The average molecular weight is 111 g/mol. The third kappa shape index (κ3) is 1.76. The Balaban J connectivity index is 3.87. The lowest BCUT2D eigenvalue weighted by Crippen LogP contribution is -2.02. The van der Waals surface area contributed by atoms with Gasteiger partial charge in [0, 0.05) is 0 Å². The van der Waals surface area contributed by atoms with Gasteiger partial charge in [-0.05, 0) is 19.4 Å². The van der Waals surface area contributed by atoms with E-state index in [4.69, 9.17) is 10.4 Å². The zero-order valence-corrected chi connectivity index (χ0v) is 5.05. The molecule has 44 valence electrons. The number of allylic oxidation sites excluding steroid dienone is 1. The van der Waals surface area contributed by atoms with E-state index in [2.05, 4.69) is 0 Å². The van der Waals surface area contributed by atoms with Gasteiger partial charge in [-0.2, -0.15) is 5.26 Å². The van der Waals surface area contributed by atoms with E-state index in [-0.39, 0.29) is 0 Å². The van der Waals surface area contributed by atoms with E-state index in [1.165, 1.54) is 0 Å². The molecule has 0 spiro atoms. The van der Waals surface area contributed by atoms with Crippen LogP contribution in [0.4, 0.5) is 0 Å². The van der Waals surface area contributed by atoms with E-state index in [1.807, 2.05) is 0 Å². The molecular weight excluding hydrogens is 102 g/mol. The Hall–Kier alpha value is -0.810. The SMILES string of the molecule is CC=C(C)C(O)C#N. The Morgan fingerprint density at radius 3 is 2.50 bits per heavy atom. The van der Waals surface area contributed by atoms with Crippen molar-refractivity contribution in [2.75, 3.05) is 0 Å². The molecule has 0 aromatic carbocycles. The first kappa shape index (κ1) is 7.19. The van der Waals surface area contributed by atoms with Crippen LogP contribution in [0.3, 0.4) is 0 Å². The van der Waals surface area contributed by atoms with E-state index in [1.54, 1.807) is 26.0 Å². The van der Waals surface area contributed by atoms with Crippen molar-refractivity contribution < 1.29 is 5.11 Å². The molecule has 0 bridgehead atoms. The first-order valence-electron chi connectivity index (χ1n) is 2.43. The number of aliphatic hydroxyl groups excluding tert-OH is 1. The Bertz CT molecular complexity index is 132. The monoisotopic (exact) mass is 111 g/mol. The number of rotatable bonds is 1. The second-order valence-corrected chi connectivity index (χ2v) is 1.56. The van der Waals surface area contributed by atoms with Gasteiger partial charge in [0.1, 0.15) is 0 Å². The summed E-state index contributed by atoms with van der Waals surface area (Å²) in [5, 5.41) is 16.8. The number of nitrogens with zero attached hydrogens (tertiary/aromatic N) is 1. The predicted octanol–water partition coefficient (Wildman–Crippen LogP) is 0.837. The Kier molecular flexibility index (Phi) is 2.90. The van der Waals surface area contributed by atoms with Crippen LogP contribution in [0.1, 0.15) is 13.8 Å². The summed E-state index contributed by atoms with van der Waals surface area (Å²) in [5.41, 5.74) is 0.701. The highest BCUT2D eigenvalue weighted by molar-refractivity contribution is 5.11. The number of nitriles is 1. The molecule has 0 aliphatic heterocycles. The largest absolute Gasteiger partial charge is 0.374 e. The summed E-state index contributed by atoms with van der Waals surface area (Å²) in [6, 6.07) is 1.70. The van der Waals surface area contributed by atoms with Gasteiger partial charge in [-0.1, -0.05) is 6.08 Å². The highest BCUT2D eigenvalue weighted by atomic mass is 16.3. The molecular formula is C6H9NO. The van der Waals surface area contributed by atoms with E-state index < -0.39 is 6.10 Å². The first-order valence-corrected chi connectivity index (χ1v) is 2.43. The zero-order valence-electron chi connectivity index (χ0n) is 5.05. The molecule has 0 saturated carbocycles. The molecule has 2 heteroatoms. The van der Waals surface area contributed by atoms with Gasteiger partial charge in [0.05, 0.1) is 6.07 Å². The maximum absolute atomic E-state index is 8.70. The second-order valence-electron chi connectivity index (χ2n) is 1.56. The lowest BCUT2D eigenvalue weighted by molar-refractivity contribution is 0.266. The van der Waals surface area contributed by atoms with Crippen molar-refractivity contribution in [2.45, 2.75) is 20.0 Å². The van der Waals surface area contributed by atoms with Crippen LogP contribution in [-0.4, -0.2) is 11.2 Å². The van der Waals surface area contributed by atoms with Gasteiger partial charge >= 0.3 is 0 Å². The topological polar surface area (TPSA) is 44.0 Å². The molecule has 1 atom stereocenters. The third-order valence-electron chi connectivity index (χ3n) is 1.01. The highest BCUT2D eigenvalue weighted by Gasteiger charge is 1.99. The molecule has 0 aliphatic carbocycles. The molecule has 0 rings (SSSR count). The molecule has 0 aliphatic rings. The van der Waals surface area contributed by atoms with Crippen molar-refractivity contribution in [3.63, 3.8) is 0 Å². The van der Waals surface area contributed by atoms with Crippen molar-refractivity contribution in [1.82, 2.24) is 0 Å². The lowest BCUT2D eigenvalue weighted by Gasteiger charge is -1.96. The second kappa shape index (κ2) is 3.23. The minimum Gasteiger partial charge on any atom is -0.374 e. The van der Waals surface area contributed by atoms with Crippen molar-refractivity contribution in [3.05, 3.63) is 11.6 Å². The Morgan fingerprint density at radius 2 is 2.38 bits per heavy atom. The van der Waals surface area contributed by atoms with Crippen LogP contribution in [-0.2, 0) is 0 Å². The maximum Gasteiger partial charge on any atom is 0.161 e. The number of aliphatic hydroxyl groups is 1. The molecule has 0 saturated heterocycles. The van der Waals surface area contributed by atoms with Crippen LogP contribution >= 0.6 is 0 Å². The fraction of sp³-hybridized carbons (Fsp3) is 0.500. The third-order valence-corrected chi connectivity index (χ3v) is 1.01. The molecule has 1 unspecified atom stereocenters. The highest BCUT2D eigenvalue weighted by Crippen LogP contribution is 1.97. The lowest BCUT2D eigenvalue weighted by atomic mass is 10.2. The van der Waals surface area contributed by atoms with Crippen LogP contribution in [0.15, 0.2) is 11.6 Å². The fourth-order valence-corrected chi connectivity index (χ4v) is 0.260. The minimum absolute atomic E-state index is 0.701. The summed E-state index contributed by atoms with van der Waals surface area (Å²) < 4.78 is 0. The van der Waals surface area contributed by atoms with Crippen molar-refractivity contribution in [2.24, 2.45) is 0 Å². The number of hydrogen-bond donors (Lipinski definition) is 1. The van der Waals surface area contributed by atoms with Crippen molar-refractivity contribution >= 4 is 0 Å². The van der Waals surface area contributed by atoms with Crippen molar-refractivity contribution in [3.8, 4) is 6.07 Å². The molecule has 0 amide bonds. The van der Waals surface area contributed by atoms with Gasteiger partial charge in [-0.3, -0.25) is 0 Å². The summed E-state index contributed by atoms with van der Waals surface area (Å²) in [5.74, 6) is 0. The van der Waals surface area contributed by atoms with E-state index in [9.17, 15) is 0 Å². The zero-order chi connectivity index (χ0) is 6.57. The minimum atomic E-state index is -0.917. The van der Waals surface area contributed by atoms with Crippen LogP contribution in [0.2, 0.25) is 0 Å². The standard InChI is InChI=1S/C6H9NO/c1-3-5(2)6(8)4-7/h3,6,8H,1-2H3. The molecule has 0 fully saturated rings. The molecule has 0 radical (unpaired) electrons.